The van der Waals surface area contributed by atoms with E-state index >= 15 is 0 Å². The molecule has 0 aliphatic heterocycles. The van der Waals surface area contributed by atoms with Gasteiger partial charge < -0.3 is 6.92 Å². The molecule has 0 aromatic carbocycles. The molecule has 2 heteroatoms. The molecule has 0 amide bonds. The van der Waals surface area contributed by atoms with Gasteiger partial charge in [-0.05, 0) is 0 Å². The van der Waals surface area contributed by atoms with Gasteiger partial charge in [0, 0.05) is 21.7 Å². The van der Waals surface area contributed by atoms with Gasteiger partial charge in [0.25, 0.3) is 0 Å². The fourth-order valence-corrected chi connectivity index (χ4v) is 0. The second kappa shape index (κ2) is 9.54. The minimum Gasteiger partial charge on any atom is 0 e. The van der Waals surface area contributed by atoms with Crippen molar-refractivity contribution in [2.75, 3.05) is 0 Å². The summed E-state index contributed by atoms with van der Waals surface area (Å²) >= 11 is 0. The second-order valence-electron chi connectivity index (χ2n) is 1.39. The van der Waals surface area contributed by atoms with Crippen LogP contribution in [0, 0.1) is 12.8 Å². The summed E-state index contributed by atoms with van der Waals surface area (Å²) in [6.45, 7) is 7.75. The fraction of sp³-hybridized carbons (Fsp3) is 0.750. The van der Waals surface area contributed by atoms with E-state index in [9.17, 15) is 0 Å². The summed E-state index contributed by atoms with van der Waals surface area (Å²) < 4.78 is 0. The largest absolute Gasteiger partial charge is 0 e. The van der Waals surface area contributed by atoms with Gasteiger partial charge in [0.05, 0.1) is 0 Å². The molecule has 0 saturated carbocycles. The van der Waals surface area contributed by atoms with Crippen LogP contribution >= 0.6 is 0 Å². The third kappa shape index (κ3) is 60.3. The third-order valence-corrected chi connectivity index (χ3v) is 0. The first-order valence-electron chi connectivity index (χ1n) is 1.56. The molecular weight excluding hydrogens is 169 g/mol. The Labute approximate surface area is 65.9 Å². The molecular formula is C4H13GeTi-. The molecule has 0 aromatic heterocycles. The van der Waals surface area contributed by atoms with Gasteiger partial charge in [-0.2, -0.15) is 5.92 Å². The van der Waals surface area contributed by atoms with Crippen LogP contribution in [0.1, 0.15) is 13.8 Å². The molecule has 0 rings (SSSR count). The molecule has 6 heavy (non-hydrogen) atoms. The molecule has 0 N–H and O–H groups in total. The van der Waals surface area contributed by atoms with Gasteiger partial charge in [-0.15, -0.1) is 0 Å². The first-order chi connectivity index (χ1) is 1.73. The summed E-state index contributed by atoms with van der Waals surface area (Å²) in [6, 6.07) is 0. The molecule has 0 atom stereocenters. The van der Waals surface area contributed by atoms with Gasteiger partial charge in [0.1, 0.15) is 0 Å². The first kappa shape index (κ1) is 15.7. The van der Waals surface area contributed by atoms with Crippen molar-refractivity contribution in [3.63, 3.8) is 0 Å². The van der Waals surface area contributed by atoms with E-state index in [4.69, 9.17) is 0 Å². The van der Waals surface area contributed by atoms with Crippen molar-refractivity contribution in [3.8, 4) is 0 Å². The van der Waals surface area contributed by atoms with Gasteiger partial charge in [-0.25, -0.2) is 0 Å². The Balaban J connectivity index is -0.0000000450. The SMILES string of the molecule is [CH2-]C(C)C.[GeH4].[Ti]. The van der Waals surface area contributed by atoms with Crippen LogP contribution in [0.4, 0.5) is 0 Å². The van der Waals surface area contributed by atoms with Crippen molar-refractivity contribution in [1.29, 1.82) is 0 Å². The summed E-state index contributed by atoms with van der Waals surface area (Å²) in [5.74, 6) is 0.583. The van der Waals surface area contributed by atoms with E-state index in [0.717, 1.165) is 0 Å². The van der Waals surface area contributed by atoms with Crippen molar-refractivity contribution < 1.29 is 21.7 Å². The van der Waals surface area contributed by atoms with E-state index in [1.54, 1.807) is 0 Å². The van der Waals surface area contributed by atoms with E-state index in [0.29, 0.717) is 5.92 Å². The minimum absolute atomic E-state index is 0. The average molecular weight is 182 g/mol. The molecule has 0 aromatic rings. The molecule has 0 spiro atoms. The van der Waals surface area contributed by atoms with Gasteiger partial charge in [-0.3, -0.25) is 0 Å². The van der Waals surface area contributed by atoms with Crippen molar-refractivity contribution in [1.82, 2.24) is 0 Å². The fourth-order valence-electron chi connectivity index (χ4n) is 0. The average Bonchev–Trinajstić information content (AvgIpc) is 0.811. The third-order valence-electron chi connectivity index (χ3n) is 0. The molecule has 0 heterocycles. The normalized spacial score (nSPS) is 6.00. The van der Waals surface area contributed by atoms with E-state index in [-0.39, 0.29) is 39.3 Å². The molecule has 38 valence electrons. The van der Waals surface area contributed by atoms with E-state index in [2.05, 4.69) is 20.8 Å². The van der Waals surface area contributed by atoms with Gasteiger partial charge in [0.2, 0.25) is 0 Å². The number of hydrogen-bond donors (Lipinski definition) is 0. The summed E-state index contributed by atoms with van der Waals surface area (Å²) in [5, 5.41) is 0. The van der Waals surface area contributed by atoms with Crippen LogP contribution in [-0.4, -0.2) is 17.6 Å². The van der Waals surface area contributed by atoms with Crippen molar-refractivity contribution in [2.45, 2.75) is 13.8 Å². The minimum atomic E-state index is 0. The standard InChI is InChI=1S/C4H9.GeH4.Ti/c1-4(2)3;;/h4H,1H2,2-3H3;1H4;/q-1;;. The van der Waals surface area contributed by atoms with E-state index in [1.165, 1.54) is 0 Å². The van der Waals surface area contributed by atoms with Crippen molar-refractivity contribution in [2.24, 2.45) is 5.92 Å². The Hall–Kier alpha value is 1.26. The van der Waals surface area contributed by atoms with Gasteiger partial charge in [0.15, 0.2) is 0 Å². The zero-order valence-corrected chi connectivity index (χ0v) is 5.35. The Morgan fingerprint density at radius 1 is 1.33 bits per heavy atom. The van der Waals surface area contributed by atoms with Crippen LogP contribution in [0.5, 0.6) is 0 Å². The van der Waals surface area contributed by atoms with Crippen LogP contribution < -0.4 is 0 Å². The van der Waals surface area contributed by atoms with E-state index in [1.807, 2.05) is 0 Å². The Kier molecular flexibility index (Phi) is 24.9. The molecule has 0 fully saturated rings. The maximum atomic E-state index is 3.64. The van der Waals surface area contributed by atoms with Crippen molar-refractivity contribution in [3.05, 3.63) is 6.92 Å². The monoisotopic (exact) mass is 183 g/mol. The topological polar surface area (TPSA) is 0 Å². The Morgan fingerprint density at radius 2 is 1.33 bits per heavy atom. The quantitative estimate of drug-likeness (QED) is 0.365. The van der Waals surface area contributed by atoms with Gasteiger partial charge in [-0.1, -0.05) is 13.8 Å². The molecule has 0 aliphatic rings. The molecule has 0 unspecified atom stereocenters. The van der Waals surface area contributed by atoms with Crippen LogP contribution in [0.3, 0.4) is 0 Å². The smallest absolute Gasteiger partial charge is 0 e. The molecule has 0 saturated heterocycles. The van der Waals surface area contributed by atoms with Crippen LogP contribution in [-0.2, 0) is 21.7 Å². The molecule has 0 nitrogen and oxygen atoms in total. The maximum absolute atomic E-state index is 3.64. The summed E-state index contributed by atoms with van der Waals surface area (Å²) in [4.78, 5) is 0. The summed E-state index contributed by atoms with van der Waals surface area (Å²) in [6.07, 6.45) is 0. The van der Waals surface area contributed by atoms with Gasteiger partial charge >= 0.3 is 17.6 Å². The zero-order valence-electron chi connectivity index (χ0n) is 3.78. The second-order valence-corrected chi connectivity index (χ2v) is 1.39. The van der Waals surface area contributed by atoms with Crippen LogP contribution in [0.25, 0.3) is 0 Å². The Morgan fingerprint density at radius 3 is 1.33 bits per heavy atom. The predicted molar refractivity (Wildman–Crippen MR) is 31.5 cm³/mol. The van der Waals surface area contributed by atoms with Crippen molar-refractivity contribution >= 4 is 17.6 Å². The van der Waals surface area contributed by atoms with Crippen LogP contribution in [0.2, 0.25) is 0 Å². The molecule has 0 radical (unpaired) electrons. The summed E-state index contributed by atoms with van der Waals surface area (Å²) in [5.41, 5.74) is 0. The van der Waals surface area contributed by atoms with E-state index < -0.39 is 0 Å². The zero-order chi connectivity index (χ0) is 3.58. The summed E-state index contributed by atoms with van der Waals surface area (Å²) in [7, 11) is 0. The first-order valence-corrected chi connectivity index (χ1v) is 1.56. The molecule has 0 aliphatic carbocycles. The number of hydrogen-bond acceptors (Lipinski definition) is 0. The molecule has 0 bridgehead atoms. The Bertz CT molecular complexity index is 12.3. The maximum Gasteiger partial charge on any atom is 0 e. The number of rotatable bonds is 0. The van der Waals surface area contributed by atoms with Crippen LogP contribution in [0.15, 0.2) is 0 Å². The predicted octanol–water partition coefficient (Wildman–Crippen LogP) is 0.0224.